The average molecular weight is 237 g/mol. The standard InChI is InChI=1S/C14H23NO2/c1-10-7-12(3)13(8-11(10)2)17-6-5-14(4,16)9-15/h7-8,16H,5-6,9,15H2,1-4H3. The van der Waals surface area contributed by atoms with Crippen molar-refractivity contribution in [2.45, 2.75) is 39.7 Å². The molecular formula is C14H23NO2. The Labute approximate surface area is 104 Å². The lowest BCUT2D eigenvalue weighted by Gasteiger charge is -2.21. The molecule has 1 rings (SSSR count). The zero-order valence-electron chi connectivity index (χ0n) is 11.2. The van der Waals surface area contributed by atoms with Gasteiger partial charge in [-0.05, 0) is 50.5 Å². The molecule has 1 unspecified atom stereocenters. The summed E-state index contributed by atoms with van der Waals surface area (Å²) in [6.45, 7) is 8.64. The fourth-order valence-electron chi connectivity index (χ4n) is 1.57. The first-order chi connectivity index (χ1) is 7.85. The average Bonchev–Trinajstić information content (AvgIpc) is 2.25. The molecule has 0 aliphatic heterocycles. The molecule has 0 spiro atoms. The largest absolute Gasteiger partial charge is 0.493 e. The molecule has 0 bridgehead atoms. The minimum absolute atomic E-state index is 0.252. The lowest BCUT2D eigenvalue weighted by molar-refractivity contribution is 0.0452. The van der Waals surface area contributed by atoms with Gasteiger partial charge in [0.25, 0.3) is 0 Å². The third-order valence-electron chi connectivity index (χ3n) is 3.13. The van der Waals surface area contributed by atoms with Crippen molar-refractivity contribution in [2.75, 3.05) is 13.2 Å². The molecule has 0 radical (unpaired) electrons. The molecule has 17 heavy (non-hydrogen) atoms. The highest BCUT2D eigenvalue weighted by Crippen LogP contribution is 2.23. The van der Waals surface area contributed by atoms with E-state index in [9.17, 15) is 5.11 Å². The quantitative estimate of drug-likeness (QED) is 0.824. The van der Waals surface area contributed by atoms with Crippen molar-refractivity contribution in [1.82, 2.24) is 0 Å². The number of aryl methyl sites for hydroxylation is 3. The van der Waals surface area contributed by atoms with Crippen LogP contribution in [0.5, 0.6) is 5.75 Å². The Bertz CT molecular complexity index is 386. The topological polar surface area (TPSA) is 55.5 Å². The van der Waals surface area contributed by atoms with Gasteiger partial charge in [0.15, 0.2) is 0 Å². The molecule has 3 heteroatoms. The SMILES string of the molecule is Cc1cc(C)c(OCCC(C)(O)CN)cc1C. The van der Waals surface area contributed by atoms with E-state index in [0.29, 0.717) is 13.0 Å². The molecule has 3 nitrogen and oxygen atoms in total. The van der Waals surface area contributed by atoms with Gasteiger partial charge < -0.3 is 15.6 Å². The Balaban J connectivity index is 2.61. The van der Waals surface area contributed by atoms with Crippen LogP contribution < -0.4 is 10.5 Å². The predicted octanol–water partition coefficient (Wildman–Crippen LogP) is 2.09. The van der Waals surface area contributed by atoms with Crippen molar-refractivity contribution in [2.24, 2.45) is 5.73 Å². The summed E-state index contributed by atoms with van der Waals surface area (Å²) in [6, 6.07) is 4.16. The number of rotatable bonds is 5. The lowest BCUT2D eigenvalue weighted by Crippen LogP contribution is -2.35. The van der Waals surface area contributed by atoms with Crippen LogP contribution in [0.2, 0.25) is 0 Å². The molecular weight excluding hydrogens is 214 g/mol. The summed E-state index contributed by atoms with van der Waals surface area (Å²) < 4.78 is 5.69. The smallest absolute Gasteiger partial charge is 0.122 e. The van der Waals surface area contributed by atoms with Crippen molar-refractivity contribution in [3.05, 3.63) is 28.8 Å². The number of nitrogens with two attached hydrogens (primary N) is 1. The third kappa shape index (κ3) is 4.02. The van der Waals surface area contributed by atoms with Crippen LogP contribution >= 0.6 is 0 Å². The number of ether oxygens (including phenoxy) is 1. The van der Waals surface area contributed by atoms with Gasteiger partial charge in [-0.25, -0.2) is 0 Å². The van der Waals surface area contributed by atoms with Gasteiger partial charge in [0, 0.05) is 13.0 Å². The molecule has 0 aromatic heterocycles. The maximum Gasteiger partial charge on any atom is 0.122 e. The van der Waals surface area contributed by atoms with E-state index in [0.717, 1.165) is 11.3 Å². The van der Waals surface area contributed by atoms with Crippen LogP contribution in [0.3, 0.4) is 0 Å². The molecule has 0 heterocycles. The summed E-state index contributed by atoms with van der Waals surface area (Å²) >= 11 is 0. The van der Waals surface area contributed by atoms with E-state index in [4.69, 9.17) is 10.5 Å². The molecule has 1 aromatic carbocycles. The van der Waals surface area contributed by atoms with Crippen molar-refractivity contribution < 1.29 is 9.84 Å². The Hall–Kier alpha value is -1.06. The highest BCUT2D eigenvalue weighted by molar-refractivity contribution is 5.40. The minimum atomic E-state index is -0.840. The number of hydrogen-bond donors (Lipinski definition) is 2. The zero-order chi connectivity index (χ0) is 13.1. The predicted molar refractivity (Wildman–Crippen MR) is 70.4 cm³/mol. The van der Waals surface area contributed by atoms with Gasteiger partial charge in [-0.15, -0.1) is 0 Å². The van der Waals surface area contributed by atoms with Crippen LogP contribution in [0.25, 0.3) is 0 Å². The number of aliphatic hydroxyl groups is 1. The van der Waals surface area contributed by atoms with E-state index in [2.05, 4.69) is 19.9 Å². The van der Waals surface area contributed by atoms with Crippen molar-refractivity contribution >= 4 is 0 Å². The molecule has 1 aromatic rings. The summed E-state index contributed by atoms with van der Waals surface area (Å²) in [7, 11) is 0. The summed E-state index contributed by atoms with van der Waals surface area (Å²) in [6.07, 6.45) is 0.538. The van der Waals surface area contributed by atoms with E-state index < -0.39 is 5.60 Å². The van der Waals surface area contributed by atoms with Gasteiger partial charge >= 0.3 is 0 Å². The van der Waals surface area contributed by atoms with E-state index >= 15 is 0 Å². The molecule has 0 aliphatic carbocycles. The monoisotopic (exact) mass is 237 g/mol. The molecule has 0 saturated carbocycles. The van der Waals surface area contributed by atoms with Crippen LogP contribution in [0, 0.1) is 20.8 Å². The van der Waals surface area contributed by atoms with Crippen molar-refractivity contribution in [3.63, 3.8) is 0 Å². The lowest BCUT2D eigenvalue weighted by atomic mass is 10.0. The number of benzene rings is 1. The van der Waals surface area contributed by atoms with Crippen LogP contribution in [-0.2, 0) is 0 Å². The van der Waals surface area contributed by atoms with Gasteiger partial charge in [-0.1, -0.05) is 6.07 Å². The van der Waals surface area contributed by atoms with E-state index in [1.165, 1.54) is 11.1 Å². The fourth-order valence-corrected chi connectivity index (χ4v) is 1.57. The van der Waals surface area contributed by atoms with Crippen molar-refractivity contribution in [3.8, 4) is 5.75 Å². The summed E-state index contributed by atoms with van der Waals surface area (Å²) in [4.78, 5) is 0. The first-order valence-corrected chi connectivity index (χ1v) is 5.99. The van der Waals surface area contributed by atoms with Crippen molar-refractivity contribution in [1.29, 1.82) is 0 Å². The highest BCUT2D eigenvalue weighted by Gasteiger charge is 2.17. The maximum atomic E-state index is 9.76. The molecule has 96 valence electrons. The normalized spacial score (nSPS) is 14.5. The van der Waals surface area contributed by atoms with Crippen LogP contribution in [-0.4, -0.2) is 23.9 Å². The van der Waals surface area contributed by atoms with Gasteiger partial charge in [0.1, 0.15) is 5.75 Å². The second kappa shape index (κ2) is 5.52. The van der Waals surface area contributed by atoms with Gasteiger partial charge in [0.2, 0.25) is 0 Å². The van der Waals surface area contributed by atoms with Gasteiger partial charge in [-0.2, -0.15) is 0 Å². The van der Waals surface area contributed by atoms with Crippen LogP contribution in [0.1, 0.15) is 30.0 Å². The highest BCUT2D eigenvalue weighted by atomic mass is 16.5. The Kier molecular flexibility index (Phi) is 4.54. The first kappa shape index (κ1) is 14.0. The Morgan fingerprint density at radius 2 is 1.76 bits per heavy atom. The minimum Gasteiger partial charge on any atom is -0.493 e. The molecule has 0 aliphatic rings. The summed E-state index contributed by atoms with van der Waals surface area (Å²) in [5.74, 6) is 0.890. The third-order valence-corrected chi connectivity index (χ3v) is 3.13. The summed E-state index contributed by atoms with van der Waals surface area (Å²) in [5, 5.41) is 9.76. The zero-order valence-corrected chi connectivity index (χ0v) is 11.2. The van der Waals surface area contributed by atoms with Crippen LogP contribution in [0.4, 0.5) is 0 Å². The van der Waals surface area contributed by atoms with Crippen LogP contribution in [0.15, 0.2) is 12.1 Å². The Morgan fingerprint density at radius 3 is 2.35 bits per heavy atom. The maximum absolute atomic E-state index is 9.76. The Morgan fingerprint density at radius 1 is 1.18 bits per heavy atom. The fraction of sp³-hybridized carbons (Fsp3) is 0.571. The molecule has 0 saturated heterocycles. The molecule has 1 atom stereocenters. The number of hydrogen-bond acceptors (Lipinski definition) is 3. The second-order valence-corrected chi connectivity index (χ2v) is 5.00. The first-order valence-electron chi connectivity index (χ1n) is 5.99. The van der Waals surface area contributed by atoms with E-state index in [1.807, 2.05) is 13.0 Å². The second-order valence-electron chi connectivity index (χ2n) is 5.00. The van der Waals surface area contributed by atoms with Gasteiger partial charge in [-0.3, -0.25) is 0 Å². The molecule has 3 N–H and O–H groups in total. The molecule has 0 amide bonds. The van der Waals surface area contributed by atoms with Gasteiger partial charge in [0.05, 0.1) is 12.2 Å². The molecule has 0 fully saturated rings. The summed E-state index contributed by atoms with van der Waals surface area (Å²) in [5.41, 5.74) is 8.23. The van der Waals surface area contributed by atoms with E-state index in [1.54, 1.807) is 6.92 Å². The van der Waals surface area contributed by atoms with E-state index in [-0.39, 0.29) is 6.54 Å².